The summed E-state index contributed by atoms with van der Waals surface area (Å²) >= 11 is 0. The Morgan fingerprint density at radius 1 is 1.12 bits per heavy atom. The summed E-state index contributed by atoms with van der Waals surface area (Å²) in [6.45, 7) is 0. The second-order valence-corrected chi connectivity index (χ2v) is 6.05. The van der Waals surface area contributed by atoms with Crippen LogP contribution in [0.3, 0.4) is 0 Å². The average Bonchev–Trinajstić information content (AvgIpc) is 2.65. The van der Waals surface area contributed by atoms with Crippen molar-refractivity contribution in [3.8, 4) is 0 Å². The van der Waals surface area contributed by atoms with Crippen molar-refractivity contribution in [1.82, 2.24) is 15.2 Å². The fraction of sp³-hybridized carbons (Fsp3) is 0.800. The maximum absolute atomic E-state index is 11.1. The molecule has 0 saturated heterocycles. The molecule has 0 amide bonds. The van der Waals surface area contributed by atoms with Gasteiger partial charge in [0.15, 0.2) is 0 Å². The fourth-order valence-corrected chi connectivity index (χ4v) is 2.70. The molecule has 1 aliphatic rings. The quantitative estimate of drug-likeness (QED) is 0.834. The first-order chi connectivity index (χ1) is 8.07. The first-order valence-electron chi connectivity index (χ1n) is 6.02. The number of sulfonamides is 1. The Bertz CT molecular complexity index is 460. The Balaban J connectivity index is 2.12. The molecule has 0 spiro atoms. The minimum atomic E-state index is -3.79. The second kappa shape index (κ2) is 5.14. The van der Waals surface area contributed by atoms with Crippen molar-refractivity contribution in [2.75, 3.05) is 0 Å². The van der Waals surface area contributed by atoms with Gasteiger partial charge in [-0.25, -0.2) is 18.5 Å². The van der Waals surface area contributed by atoms with Gasteiger partial charge in [0.25, 0.3) is 15.2 Å². The van der Waals surface area contributed by atoms with E-state index in [0.29, 0.717) is 11.7 Å². The van der Waals surface area contributed by atoms with E-state index >= 15 is 0 Å². The van der Waals surface area contributed by atoms with Gasteiger partial charge in [-0.2, -0.15) is 0 Å². The van der Waals surface area contributed by atoms with Gasteiger partial charge in [-0.1, -0.05) is 32.1 Å². The van der Waals surface area contributed by atoms with Crippen molar-refractivity contribution in [3.63, 3.8) is 0 Å². The van der Waals surface area contributed by atoms with E-state index in [1.54, 1.807) is 0 Å². The maximum atomic E-state index is 11.1. The van der Waals surface area contributed by atoms with Crippen molar-refractivity contribution in [3.05, 3.63) is 5.82 Å². The van der Waals surface area contributed by atoms with Gasteiger partial charge in [-0.15, -0.1) is 5.10 Å². The normalized spacial score (nSPS) is 19.8. The maximum Gasteiger partial charge on any atom is 0.282 e. The molecule has 0 bridgehead atoms. The Labute approximate surface area is 101 Å². The first-order valence-corrected chi connectivity index (χ1v) is 7.57. The van der Waals surface area contributed by atoms with E-state index in [0.717, 1.165) is 25.7 Å². The molecule has 7 heteroatoms. The number of nitrogens with zero attached hydrogens (tertiary/aromatic N) is 2. The minimum absolute atomic E-state index is 0.290. The number of nitrogens with two attached hydrogens (primary N) is 1. The highest BCUT2D eigenvalue weighted by molar-refractivity contribution is 7.89. The van der Waals surface area contributed by atoms with Crippen molar-refractivity contribution < 1.29 is 8.42 Å². The number of rotatable bonds is 2. The van der Waals surface area contributed by atoms with Crippen molar-refractivity contribution in [1.29, 1.82) is 0 Å². The van der Waals surface area contributed by atoms with E-state index in [2.05, 4.69) is 15.2 Å². The lowest BCUT2D eigenvalue weighted by Gasteiger charge is -2.16. The molecule has 2 rings (SSSR count). The SMILES string of the molecule is NS(=O)(=O)c1n[nH]c(C2CCCCCCC2)n1. The zero-order valence-electron chi connectivity index (χ0n) is 9.72. The predicted molar refractivity (Wildman–Crippen MR) is 62.8 cm³/mol. The van der Waals surface area contributed by atoms with Gasteiger partial charge in [-0.05, 0) is 12.8 Å². The number of primary sulfonamides is 1. The first kappa shape index (κ1) is 12.5. The number of hydrogen-bond donors (Lipinski definition) is 2. The molecule has 1 fully saturated rings. The van der Waals surface area contributed by atoms with E-state index in [1.165, 1.54) is 19.3 Å². The van der Waals surface area contributed by atoms with Crippen LogP contribution in [-0.4, -0.2) is 23.6 Å². The third-order valence-electron chi connectivity index (χ3n) is 3.23. The Morgan fingerprint density at radius 3 is 2.24 bits per heavy atom. The smallest absolute Gasteiger partial charge is 0.262 e. The lowest BCUT2D eigenvalue weighted by atomic mass is 9.91. The van der Waals surface area contributed by atoms with E-state index < -0.39 is 10.0 Å². The molecular formula is C10H18N4O2S. The monoisotopic (exact) mass is 258 g/mol. The molecule has 1 aliphatic carbocycles. The highest BCUT2D eigenvalue weighted by Gasteiger charge is 2.21. The van der Waals surface area contributed by atoms with Gasteiger partial charge in [0, 0.05) is 5.92 Å². The standard InChI is InChI=1S/C10H18N4O2S/c11-17(15,16)10-12-9(13-14-10)8-6-4-2-1-3-5-7-8/h8H,1-7H2,(H2,11,15,16)(H,12,13,14). The average molecular weight is 258 g/mol. The number of nitrogens with one attached hydrogen (secondary N) is 1. The van der Waals surface area contributed by atoms with E-state index in [1.807, 2.05) is 0 Å². The molecule has 17 heavy (non-hydrogen) atoms. The third kappa shape index (κ3) is 3.26. The molecule has 6 nitrogen and oxygen atoms in total. The summed E-state index contributed by atoms with van der Waals surface area (Å²) in [5.41, 5.74) is 0. The van der Waals surface area contributed by atoms with Crippen LogP contribution in [0.4, 0.5) is 0 Å². The summed E-state index contributed by atoms with van der Waals surface area (Å²) in [4.78, 5) is 4.00. The molecule has 3 N–H and O–H groups in total. The molecule has 1 saturated carbocycles. The van der Waals surface area contributed by atoms with Gasteiger partial charge < -0.3 is 0 Å². The van der Waals surface area contributed by atoms with Gasteiger partial charge >= 0.3 is 0 Å². The van der Waals surface area contributed by atoms with Gasteiger partial charge in [0.1, 0.15) is 5.82 Å². The van der Waals surface area contributed by atoms with Gasteiger partial charge in [0.2, 0.25) is 0 Å². The second-order valence-electron chi connectivity index (χ2n) is 4.59. The molecule has 1 aromatic rings. The molecule has 96 valence electrons. The Morgan fingerprint density at radius 2 is 1.71 bits per heavy atom. The number of aromatic nitrogens is 3. The molecule has 0 unspecified atom stereocenters. The Kier molecular flexibility index (Phi) is 3.78. The molecule has 0 atom stereocenters. The zero-order chi connectivity index (χ0) is 12.3. The highest BCUT2D eigenvalue weighted by Crippen LogP contribution is 2.28. The van der Waals surface area contributed by atoms with Crippen LogP contribution in [0.2, 0.25) is 0 Å². The lowest BCUT2D eigenvalue weighted by molar-refractivity contribution is 0.443. The van der Waals surface area contributed by atoms with Crippen LogP contribution in [0.15, 0.2) is 5.16 Å². The Hall–Kier alpha value is -0.950. The summed E-state index contributed by atoms with van der Waals surface area (Å²) in [6, 6.07) is 0. The summed E-state index contributed by atoms with van der Waals surface area (Å²) in [5.74, 6) is 0.953. The van der Waals surface area contributed by atoms with E-state index in [4.69, 9.17) is 5.14 Å². The van der Waals surface area contributed by atoms with Crippen LogP contribution in [-0.2, 0) is 10.0 Å². The van der Waals surface area contributed by atoms with Crippen LogP contribution >= 0.6 is 0 Å². The van der Waals surface area contributed by atoms with E-state index in [-0.39, 0.29) is 5.16 Å². The van der Waals surface area contributed by atoms with Crippen LogP contribution < -0.4 is 5.14 Å². The number of aromatic amines is 1. The number of H-pyrrole nitrogens is 1. The largest absolute Gasteiger partial charge is 0.282 e. The number of hydrogen-bond acceptors (Lipinski definition) is 4. The molecule has 0 aliphatic heterocycles. The fourth-order valence-electron chi connectivity index (χ4n) is 2.30. The van der Waals surface area contributed by atoms with Crippen LogP contribution in [0.25, 0.3) is 0 Å². The zero-order valence-corrected chi connectivity index (χ0v) is 10.5. The molecule has 1 aromatic heterocycles. The molecular weight excluding hydrogens is 240 g/mol. The summed E-state index contributed by atoms with van der Waals surface area (Å²) in [7, 11) is -3.79. The summed E-state index contributed by atoms with van der Waals surface area (Å²) < 4.78 is 22.2. The van der Waals surface area contributed by atoms with E-state index in [9.17, 15) is 8.42 Å². The summed E-state index contributed by atoms with van der Waals surface area (Å²) in [6.07, 6.45) is 8.19. The third-order valence-corrected chi connectivity index (χ3v) is 3.92. The highest BCUT2D eigenvalue weighted by atomic mass is 32.2. The predicted octanol–water partition coefficient (Wildman–Crippen LogP) is 1.28. The van der Waals surface area contributed by atoms with Gasteiger partial charge in [0.05, 0.1) is 0 Å². The molecule has 0 aromatic carbocycles. The van der Waals surface area contributed by atoms with Crippen LogP contribution in [0.1, 0.15) is 56.7 Å². The topological polar surface area (TPSA) is 102 Å². The molecule has 0 radical (unpaired) electrons. The van der Waals surface area contributed by atoms with Gasteiger partial charge in [-0.3, -0.25) is 5.10 Å². The van der Waals surface area contributed by atoms with Crippen molar-refractivity contribution in [2.24, 2.45) is 5.14 Å². The van der Waals surface area contributed by atoms with Crippen LogP contribution in [0.5, 0.6) is 0 Å². The molecule has 1 heterocycles. The minimum Gasteiger partial charge on any atom is -0.262 e. The van der Waals surface area contributed by atoms with Crippen molar-refractivity contribution >= 4 is 10.0 Å². The van der Waals surface area contributed by atoms with Crippen LogP contribution in [0, 0.1) is 0 Å². The van der Waals surface area contributed by atoms with Crippen molar-refractivity contribution in [2.45, 2.75) is 56.0 Å². The lowest BCUT2D eigenvalue weighted by Crippen LogP contribution is -2.14. The summed E-state index contributed by atoms with van der Waals surface area (Å²) in [5, 5.41) is 11.1.